The molecular formula is C15H17N3S. The summed E-state index contributed by atoms with van der Waals surface area (Å²) in [5.74, 6) is 0.148. The number of nitrogen functional groups attached to an aromatic ring is 1. The Labute approximate surface area is 117 Å². The highest BCUT2D eigenvalue weighted by Crippen LogP contribution is 2.31. The summed E-state index contributed by atoms with van der Waals surface area (Å²) in [7, 11) is 0. The molecule has 0 radical (unpaired) electrons. The monoisotopic (exact) mass is 271 g/mol. The Morgan fingerprint density at radius 3 is 3.00 bits per heavy atom. The molecule has 0 aliphatic carbocycles. The molecule has 0 bridgehead atoms. The van der Waals surface area contributed by atoms with Gasteiger partial charge in [-0.1, -0.05) is 12.1 Å². The molecule has 0 saturated carbocycles. The summed E-state index contributed by atoms with van der Waals surface area (Å²) in [6.45, 7) is 4.01. The minimum atomic E-state index is 0.148. The third kappa shape index (κ3) is 2.12. The molecule has 0 unspecified atom stereocenters. The highest BCUT2D eigenvalue weighted by molar-refractivity contribution is 7.10. The van der Waals surface area contributed by atoms with Crippen LogP contribution in [-0.4, -0.2) is 12.4 Å². The lowest BCUT2D eigenvalue weighted by atomic mass is 10.0. The first-order valence-corrected chi connectivity index (χ1v) is 7.29. The van der Waals surface area contributed by atoms with Crippen molar-refractivity contribution >= 4 is 22.9 Å². The van der Waals surface area contributed by atoms with Gasteiger partial charge in [-0.25, -0.2) is 0 Å². The molecule has 19 heavy (non-hydrogen) atoms. The third-order valence-electron chi connectivity index (χ3n) is 3.65. The van der Waals surface area contributed by atoms with E-state index in [0.29, 0.717) is 0 Å². The zero-order chi connectivity index (χ0) is 13.4. The fourth-order valence-corrected chi connectivity index (χ4v) is 3.63. The lowest BCUT2D eigenvalue weighted by Crippen LogP contribution is -2.32. The number of thiophene rings is 1. The van der Waals surface area contributed by atoms with Gasteiger partial charge in [0.25, 0.3) is 0 Å². The molecule has 0 amide bonds. The van der Waals surface area contributed by atoms with Crippen LogP contribution in [0.15, 0.2) is 29.6 Å². The summed E-state index contributed by atoms with van der Waals surface area (Å²) in [5, 5.41) is 9.92. The second kappa shape index (κ2) is 4.70. The number of rotatable bonds is 2. The van der Waals surface area contributed by atoms with Gasteiger partial charge in [-0.3, -0.25) is 5.41 Å². The van der Waals surface area contributed by atoms with Crippen LogP contribution >= 0.6 is 11.3 Å². The Bertz CT molecular complexity index is 630. The van der Waals surface area contributed by atoms with Crippen molar-refractivity contribution in [3.63, 3.8) is 0 Å². The number of benzene rings is 1. The van der Waals surface area contributed by atoms with Gasteiger partial charge in [-0.15, -0.1) is 11.3 Å². The highest BCUT2D eigenvalue weighted by atomic mass is 32.1. The van der Waals surface area contributed by atoms with E-state index >= 15 is 0 Å². The largest absolute Gasteiger partial charge is 0.384 e. The smallest absolute Gasteiger partial charge is 0.124 e. The van der Waals surface area contributed by atoms with Gasteiger partial charge >= 0.3 is 0 Å². The fourth-order valence-electron chi connectivity index (χ4n) is 2.74. The number of para-hydroxylation sites is 1. The molecule has 1 aromatic heterocycles. The standard InChI is InChI=1S/C15H17N3S/c1-10-3-2-4-12(15(16)17)14(10)18-7-5-13-11(9-18)6-8-19-13/h2-4,6,8H,5,7,9H2,1H3,(H3,16,17). The number of nitrogens with zero attached hydrogens (tertiary/aromatic N) is 1. The fraction of sp³-hybridized carbons (Fsp3) is 0.267. The van der Waals surface area contributed by atoms with E-state index in [1.54, 1.807) is 0 Å². The zero-order valence-corrected chi connectivity index (χ0v) is 11.8. The van der Waals surface area contributed by atoms with E-state index in [0.717, 1.165) is 30.8 Å². The molecule has 3 nitrogen and oxygen atoms in total. The number of nitrogens with two attached hydrogens (primary N) is 1. The van der Waals surface area contributed by atoms with Crippen molar-refractivity contribution in [2.24, 2.45) is 5.73 Å². The number of aryl methyl sites for hydroxylation is 1. The van der Waals surface area contributed by atoms with Crippen LogP contribution in [0.1, 0.15) is 21.6 Å². The van der Waals surface area contributed by atoms with Crippen LogP contribution in [0.3, 0.4) is 0 Å². The summed E-state index contributed by atoms with van der Waals surface area (Å²) < 4.78 is 0. The van der Waals surface area contributed by atoms with Crippen molar-refractivity contribution in [1.82, 2.24) is 0 Å². The molecule has 0 spiro atoms. The topological polar surface area (TPSA) is 53.1 Å². The second-order valence-corrected chi connectivity index (χ2v) is 5.93. The third-order valence-corrected chi connectivity index (χ3v) is 4.67. The second-order valence-electron chi connectivity index (χ2n) is 4.93. The molecule has 0 saturated heterocycles. The predicted octanol–water partition coefficient (Wildman–Crippen LogP) is 2.90. The van der Waals surface area contributed by atoms with Crippen LogP contribution in [0.25, 0.3) is 0 Å². The first-order valence-electron chi connectivity index (χ1n) is 6.41. The number of amidine groups is 1. The van der Waals surface area contributed by atoms with Gasteiger partial charge in [0.15, 0.2) is 0 Å². The van der Waals surface area contributed by atoms with Crippen molar-refractivity contribution in [2.75, 3.05) is 11.4 Å². The summed E-state index contributed by atoms with van der Waals surface area (Å²) in [4.78, 5) is 3.84. The number of fused-ring (bicyclic) bond motifs is 1. The van der Waals surface area contributed by atoms with Crippen molar-refractivity contribution in [3.05, 3.63) is 51.2 Å². The molecule has 2 aromatic rings. The molecule has 2 heterocycles. The average Bonchev–Trinajstić information content (AvgIpc) is 2.85. The van der Waals surface area contributed by atoms with Crippen LogP contribution in [0.4, 0.5) is 5.69 Å². The summed E-state index contributed by atoms with van der Waals surface area (Å²) in [5.41, 5.74) is 10.3. The normalized spacial score (nSPS) is 14.3. The molecule has 98 valence electrons. The highest BCUT2D eigenvalue weighted by Gasteiger charge is 2.21. The Kier molecular flexibility index (Phi) is 3.03. The van der Waals surface area contributed by atoms with Crippen LogP contribution < -0.4 is 10.6 Å². The molecule has 1 aromatic carbocycles. The summed E-state index contributed by atoms with van der Waals surface area (Å²) in [6, 6.07) is 8.20. The van der Waals surface area contributed by atoms with E-state index in [-0.39, 0.29) is 5.84 Å². The number of anilines is 1. The van der Waals surface area contributed by atoms with Gasteiger partial charge in [-0.05, 0) is 42.0 Å². The van der Waals surface area contributed by atoms with Gasteiger partial charge in [-0.2, -0.15) is 0 Å². The summed E-state index contributed by atoms with van der Waals surface area (Å²) >= 11 is 1.84. The van der Waals surface area contributed by atoms with Crippen molar-refractivity contribution in [2.45, 2.75) is 19.9 Å². The molecule has 0 fully saturated rings. The average molecular weight is 271 g/mol. The maximum atomic E-state index is 7.76. The van der Waals surface area contributed by atoms with E-state index in [9.17, 15) is 0 Å². The van der Waals surface area contributed by atoms with E-state index in [2.05, 4.69) is 29.3 Å². The molecular weight excluding hydrogens is 254 g/mol. The van der Waals surface area contributed by atoms with Gasteiger partial charge < -0.3 is 10.6 Å². The van der Waals surface area contributed by atoms with Crippen molar-refractivity contribution in [3.8, 4) is 0 Å². The van der Waals surface area contributed by atoms with Gasteiger partial charge in [0.2, 0.25) is 0 Å². The van der Waals surface area contributed by atoms with Crippen LogP contribution in [-0.2, 0) is 13.0 Å². The van der Waals surface area contributed by atoms with Gasteiger partial charge in [0.1, 0.15) is 5.84 Å². The lowest BCUT2D eigenvalue weighted by molar-refractivity contribution is 0.740. The Balaban J connectivity index is 2.02. The van der Waals surface area contributed by atoms with Crippen LogP contribution in [0.2, 0.25) is 0 Å². The number of hydrogen-bond acceptors (Lipinski definition) is 3. The molecule has 3 N–H and O–H groups in total. The molecule has 1 aliphatic heterocycles. The lowest BCUT2D eigenvalue weighted by Gasteiger charge is -2.32. The SMILES string of the molecule is Cc1cccc(C(=N)N)c1N1CCc2sccc2C1. The number of hydrogen-bond donors (Lipinski definition) is 2. The Morgan fingerprint density at radius 2 is 2.21 bits per heavy atom. The van der Waals surface area contributed by atoms with E-state index in [1.165, 1.54) is 16.0 Å². The molecule has 3 rings (SSSR count). The Morgan fingerprint density at radius 1 is 1.37 bits per heavy atom. The van der Waals surface area contributed by atoms with E-state index in [1.807, 2.05) is 23.5 Å². The van der Waals surface area contributed by atoms with E-state index in [4.69, 9.17) is 11.1 Å². The van der Waals surface area contributed by atoms with E-state index < -0.39 is 0 Å². The first-order chi connectivity index (χ1) is 9.16. The Hall–Kier alpha value is -1.81. The molecule has 1 aliphatic rings. The maximum Gasteiger partial charge on any atom is 0.124 e. The minimum absolute atomic E-state index is 0.148. The minimum Gasteiger partial charge on any atom is -0.384 e. The van der Waals surface area contributed by atoms with Crippen molar-refractivity contribution < 1.29 is 0 Å². The predicted molar refractivity (Wildman–Crippen MR) is 81.3 cm³/mol. The van der Waals surface area contributed by atoms with Gasteiger partial charge in [0.05, 0.1) is 5.69 Å². The van der Waals surface area contributed by atoms with Crippen LogP contribution in [0, 0.1) is 12.3 Å². The zero-order valence-electron chi connectivity index (χ0n) is 10.9. The van der Waals surface area contributed by atoms with Crippen molar-refractivity contribution in [1.29, 1.82) is 5.41 Å². The van der Waals surface area contributed by atoms with Crippen LogP contribution in [0.5, 0.6) is 0 Å². The van der Waals surface area contributed by atoms with Gasteiger partial charge in [0, 0.05) is 23.5 Å². The maximum absolute atomic E-state index is 7.76. The first kappa shape index (κ1) is 12.2. The summed E-state index contributed by atoms with van der Waals surface area (Å²) in [6.07, 6.45) is 1.08. The quantitative estimate of drug-likeness (QED) is 0.652. The number of nitrogens with one attached hydrogen (secondary N) is 1. The molecule has 0 atom stereocenters. The molecule has 4 heteroatoms.